The Morgan fingerprint density at radius 1 is 0.968 bits per heavy atom. The summed E-state index contributed by atoms with van der Waals surface area (Å²) in [5.41, 5.74) is 2.89. The molecule has 1 aromatic heterocycles. The van der Waals surface area contributed by atoms with Crippen LogP contribution in [-0.4, -0.2) is 21.2 Å². The lowest BCUT2D eigenvalue weighted by atomic mass is 10.2. The maximum Gasteiger partial charge on any atom is 0.266 e. The van der Waals surface area contributed by atoms with Gasteiger partial charge in [-0.1, -0.05) is 35.9 Å². The van der Waals surface area contributed by atoms with E-state index in [0.29, 0.717) is 32.1 Å². The fourth-order valence-corrected chi connectivity index (χ4v) is 5.43. The first-order valence-corrected chi connectivity index (χ1v) is 11.4. The van der Waals surface area contributed by atoms with E-state index in [-0.39, 0.29) is 16.8 Å². The highest BCUT2D eigenvalue weighted by atomic mass is 35.5. The average Bonchev–Trinajstić information content (AvgIpc) is 3.16. The molecule has 0 saturated carbocycles. The number of halogens is 1. The van der Waals surface area contributed by atoms with Gasteiger partial charge in [0.15, 0.2) is 4.77 Å². The molecule has 31 heavy (non-hydrogen) atoms. The van der Waals surface area contributed by atoms with Gasteiger partial charge in [0.2, 0.25) is 5.91 Å². The monoisotopic (exact) mass is 465 g/mol. The minimum atomic E-state index is -0.184. The van der Waals surface area contributed by atoms with E-state index in [1.165, 1.54) is 4.57 Å². The van der Waals surface area contributed by atoms with Gasteiger partial charge in [-0.3, -0.25) is 19.1 Å². The Bertz CT molecular complexity index is 1430. The second-order valence-electron chi connectivity index (χ2n) is 7.11. The predicted octanol–water partition coefficient (Wildman–Crippen LogP) is 5.48. The molecule has 0 radical (unpaired) electrons. The average molecular weight is 466 g/mol. The quantitative estimate of drug-likeness (QED) is 0.407. The number of hydrogen-bond acceptors (Lipinski definition) is 4. The van der Waals surface area contributed by atoms with Crippen molar-refractivity contribution in [3.05, 3.63) is 98.5 Å². The highest BCUT2D eigenvalue weighted by Gasteiger charge is 2.34. The van der Waals surface area contributed by atoms with Gasteiger partial charge in [-0.05, 0) is 66.3 Å². The van der Waals surface area contributed by atoms with Crippen molar-refractivity contribution < 1.29 is 4.79 Å². The molecule has 1 aliphatic heterocycles. The molecule has 5 rings (SSSR count). The fraction of sp³-hybridized carbons (Fsp3) is 0.0870. The molecule has 1 N–H and O–H groups in total. The molecular formula is C23H16ClN3O2S2. The summed E-state index contributed by atoms with van der Waals surface area (Å²) in [6.07, 6.45) is 0. The third-order valence-electron chi connectivity index (χ3n) is 5.19. The number of fused-ring (bicyclic) bond motifs is 1. The Labute approximate surface area is 192 Å². The zero-order chi connectivity index (χ0) is 21.5. The van der Waals surface area contributed by atoms with Gasteiger partial charge in [0.05, 0.1) is 22.3 Å². The van der Waals surface area contributed by atoms with E-state index < -0.39 is 0 Å². The largest absolute Gasteiger partial charge is 0.331 e. The van der Waals surface area contributed by atoms with Crippen LogP contribution in [0.1, 0.15) is 10.9 Å². The number of aromatic amines is 1. The number of benzene rings is 3. The number of nitrogens with one attached hydrogen (secondary N) is 1. The summed E-state index contributed by atoms with van der Waals surface area (Å²) < 4.78 is 1.79. The third kappa shape index (κ3) is 3.59. The van der Waals surface area contributed by atoms with Crippen molar-refractivity contribution in [1.29, 1.82) is 0 Å². The highest BCUT2D eigenvalue weighted by molar-refractivity contribution is 8.00. The summed E-state index contributed by atoms with van der Waals surface area (Å²) in [6, 6.07) is 22.1. The van der Waals surface area contributed by atoms with Crippen LogP contribution < -0.4 is 10.5 Å². The van der Waals surface area contributed by atoms with Crippen molar-refractivity contribution in [2.75, 3.05) is 10.7 Å². The van der Waals surface area contributed by atoms with Crippen molar-refractivity contribution in [2.45, 2.75) is 5.37 Å². The van der Waals surface area contributed by atoms with Crippen molar-refractivity contribution >= 4 is 58.1 Å². The molecular weight excluding hydrogens is 450 g/mol. The number of amides is 1. The molecule has 1 amide bonds. The number of hydrogen-bond donors (Lipinski definition) is 1. The van der Waals surface area contributed by atoms with Crippen molar-refractivity contribution in [3.63, 3.8) is 0 Å². The number of rotatable bonds is 3. The number of carbonyl (C=O) groups is 1. The second kappa shape index (κ2) is 8.00. The lowest BCUT2D eigenvalue weighted by Crippen LogP contribution is -2.28. The first-order valence-electron chi connectivity index (χ1n) is 9.56. The van der Waals surface area contributed by atoms with Gasteiger partial charge >= 0.3 is 0 Å². The predicted molar refractivity (Wildman–Crippen MR) is 129 cm³/mol. The fourth-order valence-electron chi connectivity index (χ4n) is 3.77. The van der Waals surface area contributed by atoms with Gasteiger partial charge in [0.25, 0.3) is 5.56 Å². The van der Waals surface area contributed by atoms with E-state index >= 15 is 0 Å². The van der Waals surface area contributed by atoms with E-state index in [2.05, 4.69) is 4.98 Å². The minimum absolute atomic E-state index is 0.0305. The van der Waals surface area contributed by atoms with Crippen molar-refractivity contribution in [3.8, 4) is 5.69 Å². The maximum atomic E-state index is 13.0. The minimum Gasteiger partial charge on any atom is -0.331 e. The number of thioether (sulfide) groups is 1. The summed E-state index contributed by atoms with van der Waals surface area (Å²) in [5.74, 6) is 0.428. The van der Waals surface area contributed by atoms with Gasteiger partial charge in [-0.15, -0.1) is 11.8 Å². The Morgan fingerprint density at radius 2 is 1.71 bits per heavy atom. The van der Waals surface area contributed by atoms with Gasteiger partial charge in [-0.2, -0.15) is 0 Å². The van der Waals surface area contributed by atoms with Crippen LogP contribution in [-0.2, 0) is 4.79 Å². The first kappa shape index (κ1) is 20.1. The smallest absolute Gasteiger partial charge is 0.266 e. The third-order valence-corrected chi connectivity index (χ3v) is 6.93. The summed E-state index contributed by atoms with van der Waals surface area (Å²) in [7, 11) is 0. The van der Waals surface area contributed by atoms with Crippen LogP contribution in [0.2, 0.25) is 5.02 Å². The Morgan fingerprint density at radius 3 is 2.48 bits per heavy atom. The van der Waals surface area contributed by atoms with Gasteiger partial charge in [0, 0.05) is 10.7 Å². The summed E-state index contributed by atoms with van der Waals surface area (Å²) >= 11 is 13.1. The van der Waals surface area contributed by atoms with Crippen LogP contribution in [0.4, 0.5) is 5.69 Å². The number of nitrogens with zero attached hydrogens (tertiary/aromatic N) is 2. The zero-order valence-electron chi connectivity index (χ0n) is 16.1. The van der Waals surface area contributed by atoms with E-state index in [4.69, 9.17) is 23.8 Å². The van der Waals surface area contributed by atoms with E-state index in [1.807, 2.05) is 54.6 Å². The maximum absolute atomic E-state index is 13.0. The van der Waals surface area contributed by atoms with Crippen molar-refractivity contribution in [2.24, 2.45) is 0 Å². The lowest BCUT2D eigenvalue weighted by Gasteiger charge is -2.24. The van der Waals surface area contributed by atoms with Crippen LogP contribution in [0.5, 0.6) is 0 Å². The summed E-state index contributed by atoms with van der Waals surface area (Å²) in [4.78, 5) is 30.5. The molecule has 1 aliphatic rings. The van der Waals surface area contributed by atoms with Gasteiger partial charge < -0.3 is 4.98 Å². The highest BCUT2D eigenvalue weighted by Crippen LogP contribution is 2.42. The number of aromatic nitrogens is 2. The molecule has 0 spiro atoms. The molecule has 1 fully saturated rings. The number of H-pyrrole nitrogens is 1. The molecule has 2 heterocycles. The topological polar surface area (TPSA) is 58.1 Å². The number of para-hydroxylation sites is 1. The Balaban J connectivity index is 1.55. The van der Waals surface area contributed by atoms with E-state index in [0.717, 1.165) is 11.3 Å². The summed E-state index contributed by atoms with van der Waals surface area (Å²) in [6.45, 7) is 0. The molecule has 0 aliphatic carbocycles. The molecule has 3 aromatic carbocycles. The molecule has 1 saturated heterocycles. The zero-order valence-corrected chi connectivity index (χ0v) is 18.5. The molecule has 8 heteroatoms. The van der Waals surface area contributed by atoms with Crippen LogP contribution in [0.25, 0.3) is 16.6 Å². The molecule has 1 unspecified atom stereocenters. The normalized spacial score (nSPS) is 16.2. The number of anilines is 1. The van der Waals surface area contributed by atoms with Crippen LogP contribution >= 0.6 is 35.6 Å². The van der Waals surface area contributed by atoms with E-state index in [1.54, 1.807) is 34.9 Å². The second-order valence-corrected chi connectivity index (χ2v) is 9.01. The van der Waals surface area contributed by atoms with Crippen molar-refractivity contribution in [1.82, 2.24) is 9.55 Å². The van der Waals surface area contributed by atoms with Gasteiger partial charge in [0.1, 0.15) is 5.37 Å². The molecule has 1 atom stereocenters. The molecule has 154 valence electrons. The Hall–Kier alpha value is -2.87. The Kier molecular flexibility index (Phi) is 5.17. The molecule has 4 aromatic rings. The van der Waals surface area contributed by atoms with Crippen LogP contribution in [0, 0.1) is 4.77 Å². The van der Waals surface area contributed by atoms with Crippen LogP contribution in [0.15, 0.2) is 77.6 Å². The molecule has 5 nitrogen and oxygen atoms in total. The molecule has 0 bridgehead atoms. The standard InChI is InChI=1S/C23H16ClN3O2S2/c24-15-5-3-4-14(12-15)22-26(20(28)13-31-22)16-8-10-17(11-9-16)27-21(29)18-6-1-2-7-19(18)25-23(27)30/h1-12,22H,13H2,(H,25,30). The first-order chi connectivity index (χ1) is 15.0. The van der Waals surface area contributed by atoms with Gasteiger partial charge in [-0.25, -0.2) is 0 Å². The van der Waals surface area contributed by atoms with Crippen LogP contribution in [0.3, 0.4) is 0 Å². The summed E-state index contributed by atoms with van der Waals surface area (Å²) in [5, 5.41) is 1.05. The SMILES string of the molecule is O=C1CSC(c2cccc(Cl)c2)N1c1ccc(-n2c(=S)[nH]c3ccccc3c2=O)cc1. The lowest BCUT2D eigenvalue weighted by molar-refractivity contribution is -0.115. The number of carbonyl (C=O) groups excluding carboxylic acids is 1. The van der Waals surface area contributed by atoms with E-state index in [9.17, 15) is 9.59 Å².